The van der Waals surface area contributed by atoms with Gasteiger partial charge in [-0.15, -0.1) is 0 Å². The monoisotopic (exact) mass is 487 g/mol. The summed E-state index contributed by atoms with van der Waals surface area (Å²) in [6.45, 7) is 10.4. The number of fused-ring (bicyclic) bond motifs is 5. The Hall–Kier alpha value is -2.17. The highest BCUT2D eigenvalue weighted by molar-refractivity contribution is 7.99. The van der Waals surface area contributed by atoms with E-state index in [1.165, 1.54) is 64.8 Å². The van der Waals surface area contributed by atoms with Crippen LogP contribution in [0, 0.1) is 5.92 Å². The van der Waals surface area contributed by atoms with Crippen LogP contribution in [0.3, 0.4) is 0 Å². The van der Waals surface area contributed by atoms with E-state index >= 15 is 0 Å². The third-order valence-electron chi connectivity index (χ3n) is 9.08. The molecule has 0 aromatic heterocycles. The number of morpholine rings is 1. The van der Waals surface area contributed by atoms with Crippen molar-refractivity contribution in [3.63, 3.8) is 0 Å². The number of hydrogen-bond acceptors (Lipinski definition) is 4. The van der Waals surface area contributed by atoms with Crippen molar-refractivity contribution in [1.82, 2.24) is 4.90 Å². The lowest BCUT2D eigenvalue weighted by molar-refractivity contribution is 0.0641. The maximum Gasteiger partial charge on any atom is 0.128 e. The van der Waals surface area contributed by atoms with Crippen molar-refractivity contribution in [2.45, 2.75) is 49.7 Å². The summed E-state index contributed by atoms with van der Waals surface area (Å²) >= 11 is 1.98. The van der Waals surface area contributed by atoms with E-state index in [0.29, 0.717) is 11.2 Å². The summed E-state index contributed by atoms with van der Waals surface area (Å²) in [4.78, 5) is 2.56. The zero-order chi connectivity index (χ0) is 24.2. The van der Waals surface area contributed by atoms with Gasteiger partial charge in [0.25, 0.3) is 0 Å². The zero-order valence-corrected chi connectivity index (χ0v) is 22.2. The molecular formula is C31H37NO2S. The summed E-state index contributed by atoms with van der Waals surface area (Å²) in [5.74, 6) is 1.63. The van der Waals surface area contributed by atoms with E-state index in [-0.39, 0.29) is 5.41 Å². The molecule has 1 unspecified atom stereocenters. The molecule has 2 aromatic carbocycles. The second-order valence-electron chi connectivity index (χ2n) is 10.8. The molecule has 1 aliphatic heterocycles. The molecule has 1 heterocycles. The lowest BCUT2D eigenvalue weighted by Gasteiger charge is -2.48. The van der Waals surface area contributed by atoms with E-state index < -0.39 is 0 Å². The van der Waals surface area contributed by atoms with Crippen molar-refractivity contribution in [2.24, 2.45) is 5.92 Å². The normalized spacial score (nSPS) is 28.0. The van der Waals surface area contributed by atoms with Gasteiger partial charge in [-0.05, 0) is 78.0 Å². The highest BCUT2D eigenvalue weighted by Gasteiger charge is 2.48. The predicted octanol–water partition coefficient (Wildman–Crippen LogP) is 6.87. The molecule has 1 saturated heterocycles. The molecule has 184 valence electrons. The van der Waals surface area contributed by atoms with Crippen molar-refractivity contribution in [1.29, 1.82) is 0 Å². The Labute approximate surface area is 214 Å². The van der Waals surface area contributed by atoms with Gasteiger partial charge in [-0.2, -0.15) is 11.8 Å². The quantitative estimate of drug-likeness (QED) is 0.439. The van der Waals surface area contributed by atoms with Gasteiger partial charge in [-0.3, -0.25) is 0 Å². The van der Waals surface area contributed by atoms with E-state index in [1.807, 2.05) is 18.9 Å². The van der Waals surface area contributed by atoms with Gasteiger partial charge >= 0.3 is 0 Å². The second kappa shape index (κ2) is 9.05. The first-order valence-electron chi connectivity index (χ1n) is 13.2. The molecule has 3 atom stereocenters. The fourth-order valence-corrected chi connectivity index (χ4v) is 8.45. The Kier molecular flexibility index (Phi) is 6.01. The third kappa shape index (κ3) is 3.51. The Morgan fingerprint density at radius 2 is 1.91 bits per heavy atom. The molecule has 3 aliphatic carbocycles. The van der Waals surface area contributed by atoms with Crippen LogP contribution in [0.25, 0.3) is 11.3 Å². The molecule has 6 rings (SSSR count). The van der Waals surface area contributed by atoms with Gasteiger partial charge in [-0.25, -0.2) is 0 Å². The Balaban J connectivity index is 1.62. The molecule has 0 amide bonds. The van der Waals surface area contributed by atoms with Gasteiger partial charge in [0.2, 0.25) is 0 Å². The Morgan fingerprint density at radius 1 is 1.14 bits per heavy atom. The number of benzene rings is 2. The first-order chi connectivity index (χ1) is 17.1. The van der Waals surface area contributed by atoms with E-state index in [4.69, 9.17) is 9.47 Å². The average Bonchev–Trinajstić information content (AvgIpc) is 3.25. The topological polar surface area (TPSA) is 21.7 Å². The fourth-order valence-electron chi connectivity index (χ4n) is 7.47. The molecule has 3 nitrogen and oxygen atoms in total. The van der Waals surface area contributed by atoms with E-state index in [2.05, 4.69) is 61.1 Å². The number of thioether (sulfide) groups is 1. The first kappa shape index (κ1) is 23.2. The number of methoxy groups -OCH3 is 1. The second-order valence-corrected chi connectivity index (χ2v) is 11.7. The summed E-state index contributed by atoms with van der Waals surface area (Å²) in [5.41, 5.74) is 11.7. The maximum atomic E-state index is 6.25. The lowest BCUT2D eigenvalue weighted by atomic mass is 9.56. The van der Waals surface area contributed by atoms with Crippen LogP contribution in [0.5, 0.6) is 5.75 Å². The number of allylic oxidation sites excluding steroid dienone is 1. The van der Waals surface area contributed by atoms with E-state index in [0.717, 1.165) is 38.5 Å². The molecule has 2 fully saturated rings. The number of nitrogens with zero attached hydrogens (tertiary/aromatic N) is 1. The number of rotatable bonds is 4. The molecule has 4 heteroatoms. The molecule has 0 N–H and O–H groups in total. The minimum Gasteiger partial charge on any atom is -0.496 e. The minimum atomic E-state index is 0.156. The number of hydrogen-bond donors (Lipinski definition) is 0. The molecule has 1 saturated carbocycles. The molecule has 4 aliphatic rings. The van der Waals surface area contributed by atoms with Gasteiger partial charge < -0.3 is 14.4 Å². The van der Waals surface area contributed by atoms with Crippen LogP contribution in [0.1, 0.15) is 65.7 Å². The summed E-state index contributed by atoms with van der Waals surface area (Å²) in [6.07, 6.45) is 8.30. The van der Waals surface area contributed by atoms with E-state index in [9.17, 15) is 0 Å². The largest absolute Gasteiger partial charge is 0.496 e. The van der Waals surface area contributed by atoms with Crippen molar-refractivity contribution < 1.29 is 9.47 Å². The predicted molar refractivity (Wildman–Crippen MR) is 147 cm³/mol. The van der Waals surface area contributed by atoms with Gasteiger partial charge in [0, 0.05) is 24.2 Å². The van der Waals surface area contributed by atoms with Crippen molar-refractivity contribution in [3.05, 3.63) is 76.4 Å². The number of ether oxygens (including phenoxy) is 2. The van der Waals surface area contributed by atoms with Gasteiger partial charge in [0.1, 0.15) is 5.75 Å². The summed E-state index contributed by atoms with van der Waals surface area (Å²) in [7, 11) is 1.86. The Bertz CT molecular complexity index is 1180. The van der Waals surface area contributed by atoms with Crippen LogP contribution >= 0.6 is 11.8 Å². The molecule has 35 heavy (non-hydrogen) atoms. The third-order valence-corrected chi connectivity index (χ3v) is 10.0. The summed E-state index contributed by atoms with van der Waals surface area (Å²) in [5, 5.41) is 0.307. The van der Waals surface area contributed by atoms with Gasteiger partial charge in [0.05, 0.1) is 31.3 Å². The molecule has 2 aromatic rings. The SMILES string of the molecule is C=C1CCC[C@]2(C)c3cc(OC)c4c(c3CC[C@@H]12)C(SC)C(c1ccccc1)=C4N1CCOCC1. The summed E-state index contributed by atoms with van der Waals surface area (Å²) < 4.78 is 12.0. The zero-order valence-electron chi connectivity index (χ0n) is 21.4. The molecule has 0 radical (unpaired) electrons. The Morgan fingerprint density at radius 3 is 2.63 bits per heavy atom. The molecule has 0 bridgehead atoms. The lowest BCUT2D eigenvalue weighted by Crippen LogP contribution is -2.41. The maximum absolute atomic E-state index is 6.25. The smallest absolute Gasteiger partial charge is 0.128 e. The minimum absolute atomic E-state index is 0.156. The summed E-state index contributed by atoms with van der Waals surface area (Å²) in [6, 6.07) is 13.5. The van der Waals surface area contributed by atoms with Crippen LogP contribution in [0.4, 0.5) is 0 Å². The van der Waals surface area contributed by atoms with Crippen LogP contribution in [0.15, 0.2) is 48.6 Å². The average molecular weight is 488 g/mol. The van der Waals surface area contributed by atoms with E-state index in [1.54, 1.807) is 5.56 Å². The van der Waals surface area contributed by atoms with Crippen molar-refractivity contribution in [2.75, 3.05) is 39.7 Å². The van der Waals surface area contributed by atoms with Crippen molar-refractivity contribution >= 4 is 23.0 Å². The molecular weight excluding hydrogens is 450 g/mol. The standard InChI is InChI=1S/C31H37NO2S/c1-20-9-8-14-31(2)23(20)13-12-22-24(31)19-25(33-3)28-27(22)30(35-4)26(21-10-6-5-7-11-21)29(28)32-15-17-34-18-16-32/h5-7,10-11,19,23,30H,1,8-9,12-18H2,2-4H3/t23-,30?,31-/m0/s1. The highest BCUT2D eigenvalue weighted by atomic mass is 32.2. The van der Waals surface area contributed by atoms with Crippen LogP contribution in [-0.2, 0) is 16.6 Å². The first-order valence-corrected chi connectivity index (χ1v) is 14.4. The fraction of sp³-hybridized carbons (Fsp3) is 0.484. The van der Waals surface area contributed by atoms with Gasteiger partial charge in [0.15, 0.2) is 0 Å². The van der Waals surface area contributed by atoms with Crippen LogP contribution in [-0.4, -0.2) is 44.6 Å². The van der Waals surface area contributed by atoms with Crippen molar-refractivity contribution in [3.8, 4) is 5.75 Å². The molecule has 0 spiro atoms. The van der Waals surface area contributed by atoms with Gasteiger partial charge in [-0.1, -0.05) is 49.4 Å². The van der Waals surface area contributed by atoms with Crippen LogP contribution in [0.2, 0.25) is 0 Å². The highest BCUT2D eigenvalue weighted by Crippen LogP contribution is 2.61. The van der Waals surface area contributed by atoms with Crippen LogP contribution < -0.4 is 4.74 Å².